The van der Waals surface area contributed by atoms with E-state index in [4.69, 9.17) is 9.47 Å². The van der Waals surface area contributed by atoms with E-state index in [-0.39, 0.29) is 12.7 Å². The molecule has 0 aromatic carbocycles. The molecule has 1 aliphatic rings. The SMILES string of the molecule is CC(C)CO[C@H]1CCOC[C@H]1F. The molecule has 1 fully saturated rings. The highest BCUT2D eigenvalue weighted by Crippen LogP contribution is 2.15. The topological polar surface area (TPSA) is 18.5 Å². The van der Waals surface area contributed by atoms with E-state index >= 15 is 0 Å². The fourth-order valence-electron chi connectivity index (χ4n) is 1.19. The predicted molar refractivity (Wildman–Crippen MR) is 44.9 cm³/mol. The van der Waals surface area contributed by atoms with Crippen LogP contribution < -0.4 is 0 Å². The van der Waals surface area contributed by atoms with Crippen LogP contribution in [0.2, 0.25) is 0 Å². The molecule has 0 bridgehead atoms. The van der Waals surface area contributed by atoms with Crippen LogP contribution in [0.1, 0.15) is 20.3 Å². The van der Waals surface area contributed by atoms with Gasteiger partial charge in [0.05, 0.1) is 12.7 Å². The summed E-state index contributed by atoms with van der Waals surface area (Å²) in [6.07, 6.45) is -0.480. The van der Waals surface area contributed by atoms with Gasteiger partial charge < -0.3 is 9.47 Å². The van der Waals surface area contributed by atoms with Crippen molar-refractivity contribution in [2.24, 2.45) is 5.92 Å². The quantitative estimate of drug-likeness (QED) is 0.652. The van der Waals surface area contributed by atoms with Crippen molar-refractivity contribution in [3.8, 4) is 0 Å². The molecule has 12 heavy (non-hydrogen) atoms. The van der Waals surface area contributed by atoms with Crippen molar-refractivity contribution in [2.45, 2.75) is 32.5 Å². The minimum Gasteiger partial charge on any atom is -0.378 e. The van der Waals surface area contributed by atoms with E-state index in [1.807, 2.05) is 0 Å². The van der Waals surface area contributed by atoms with Crippen molar-refractivity contribution in [1.82, 2.24) is 0 Å². The first kappa shape index (κ1) is 9.93. The summed E-state index contributed by atoms with van der Waals surface area (Å²) < 4.78 is 23.4. The van der Waals surface area contributed by atoms with Crippen molar-refractivity contribution in [1.29, 1.82) is 0 Å². The van der Waals surface area contributed by atoms with E-state index < -0.39 is 6.17 Å². The number of hydrogen-bond acceptors (Lipinski definition) is 2. The van der Waals surface area contributed by atoms with E-state index in [1.165, 1.54) is 0 Å². The third-order valence-corrected chi connectivity index (χ3v) is 1.87. The molecule has 0 amide bonds. The minimum absolute atomic E-state index is 0.197. The zero-order valence-corrected chi connectivity index (χ0v) is 7.75. The van der Waals surface area contributed by atoms with Crippen LogP contribution in [0.25, 0.3) is 0 Å². The van der Waals surface area contributed by atoms with E-state index in [9.17, 15) is 4.39 Å². The molecule has 0 N–H and O–H groups in total. The van der Waals surface area contributed by atoms with Gasteiger partial charge in [-0.15, -0.1) is 0 Å². The Labute approximate surface area is 73.0 Å². The molecule has 1 aliphatic heterocycles. The van der Waals surface area contributed by atoms with Crippen LogP contribution in [0.5, 0.6) is 0 Å². The molecule has 0 aromatic heterocycles. The first-order valence-electron chi connectivity index (χ1n) is 4.53. The largest absolute Gasteiger partial charge is 0.378 e. The normalized spacial score (nSPS) is 31.0. The van der Waals surface area contributed by atoms with Gasteiger partial charge >= 0.3 is 0 Å². The molecular weight excluding hydrogens is 159 g/mol. The molecule has 0 radical (unpaired) electrons. The van der Waals surface area contributed by atoms with Crippen LogP contribution in [0.3, 0.4) is 0 Å². The third-order valence-electron chi connectivity index (χ3n) is 1.87. The lowest BCUT2D eigenvalue weighted by molar-refractivity contribution is -0.0896. The molecule has 0 aliphatic carbocycles. The van der Waals surface area contributed by atoms with Gasteiger partial charge in [0.25, 0.3) is 0 Å². The highest BCUT2D eigenvalue weighted by molar-refractivity contribution is 4.73. The van der Waals surface area contributed by atoms with Gasteiger partial charge in [0.2, 0.25) is 0 Å². The second-order valence-corrected chi connectivity index (χ2v) is 3.65. The Morgan fingerprint density at radius 3 is 2.92 bits per heavy atom. The first-order valence-corrected chi connectivity index (χ1v) is 4.53. The second kappa shape index (κ2) is 4.77. The van der Waals surface area contributed by atoms with Crippen LogP contribution in [0.4, 0.5) is 4.39 Å². The summed E-state index contributed by atoms with van der Waals surface area (Å²) in [7, 11) is 0. The summed E-state index contributed by atoms with van der Waals surface area (Å²) in [5.74, 6) is 0.472. The Morgan fingerprint density at radius 2 is 2.33 bits per heavy atom. The molecular formula is C9H17FO2. The van der Waals surface area contributed by atoms with Crippen LogP contribution in [-0.2, 0) is 9.47 Å². The number of halogens is 1. The molecule has 0 saturated carbocycles. The number of hydrogen-bond donors (Lipinski definition) is 0. The lowest BCUT2D eigenvalue weighted by atomic mass is 10.1. The summed E-state index contributed by atoms with van der Waals surface area (Å²) in [5, 5.41) is 0. The van der Waals surface area contributed by atoms with Crippen molar-refractivity contribution >= 4 is 0 Å². The summed E-state index contributed by atoms with van der Waals surface area (Å²) in [6, 6.07) is 0. The summed E-state index contributed by atoms with van der Waals surface area (Å²) in [6.45, 7) is 5.59. The molecule has 0 unspecified atom stereocenters. The van der Waals surface area contributed by atoms with E-state index in [0.717, 1.165) is 0 Å². The molecule has 1 heterocycles. The van der Waals surface area contributed by atoms with Gasteiger partial charge in [-0.25, -0.2) is 4.39 Å². The van der Waals surface area contributed by atoms with Crippen LogP contribution in [0.15, 0.2) is 0 Å². The maximum Gasteiger partial charge on any atom is 0.149 e. The Balaban J connectivity index is 2.20. The number of ether oxygens (including phenoxy) is 2. The summed E-state index contributed by atoms with van der Waals surface area (Å²) >= 11 is 0. The van der Waals surface area contributed by atoms with Crippen molar-refractivity contribution in [3.63, 3.8) is 0 Å². The lowest BCUT2D eigenvalue weighted by Crippen LogP contribution is -2.36. The van der Waals surface area contributed by atoms with Gasteiger partial charge in [0.15, 0.2) is 0 Å². The Kier molecular flexibility index (Phi) is 3.95. The molecule has 1 saturated heterocycles. The lowest BCUT2D eigenvalue weighted by Gasteiger charge is -2.26. The van der Waals surface area contributed by atoms with Gasteiger partial charge in [-0.2, -0.15) is 0 Å². The average Bonchev–Trinajstić information content (AvgIpc) is 2.03. The maximum atomic E-state index is 13.0. The van der Waals surface area contributed by atoms with E-state index in [2.05, 4.69) is 13.8 Å². The van der Waals surface area contributed by atoms with Crippen LogP contribution >= 0.6 is 0 Å². The zero-order valence-electron chi connectivity index (χ0n) is 7.75. The van der Waals surface area contributed by atoms with Crippen LogP contribution in [-0.4, -0.2) is 32.1 Å². The minimum atomic E-state index is -0.933. The maximum absolute atomic E-state index is 13.0. The fraction of sp³-hybridized carbons (Fsp3) is 1.00. The van der Waals surface area contributed by atoms with Crippen molar-refractivity contribution < 1.29 is 13.9 Å². The van der Waals surface area contributed by atoms with Gasteiger partial charge in [-0.05, 0) is 12.3 Å². The highest BCUT2D eigenvalue weighted by atomic mass is 19.1. The molecule has 0 spiro atoms. The highest BCUT2D eigenvalue weighted by Gasteiger charge is 2.25. The molecule has 2 atom stereocenters. The first-order chi connectivity index (χ1) is 5.70. The number of alkyl halides is 1. The molecule has 1 rings (SSSR count). The van der Waals surface area contributed by atoms with Gasteiger partial charge in [0.1, 0.15) is 6.17 Å². The number of rotatable bonds is 3. The summed E-state index contributed by atoms with van der Waals surface area (Å²) in [5.41, 5.74) is 0. The second-order valence-electron chi connectivity index (χ2n) is 3.65. The van der Waals surface area contributed by atoms with E-state index in [1.54, 1.807) is 0 Å². The predicted octanol–water partition coefficient (Wildman–Crippen LogP) is 1.79. The average molecular weight is 176 g/mol. The smallest absolute Gasteiger partial charge is 0.149 e. The Morgan fingerprint density at radius 1 is 1.58 bits per heavy atom. The third kappa shape index (κ3) is 3.07. The van der Waals surface area contributed by atoms with Gasteiger partial charge in [-0.3, -0.25) is 0 Å². The van der Waals surface area contributed by atoms with E-state index in [0.29, 0.717) is 25.6 Å². The van der Waals surface area contributed by atoms with Crippen molar-refractivity contribution in [3.05, 3.63) is 0 Å². The van der Waals surface area contributed by atoms with Gasteiger partial charge in [0, 0.05) is 13.2 Å². The fourth-order valence-corrected chi connectivity index (χ4v) is 1.19. The standard InChI is InChI=1S/C9H17FO2/c1-7(2)5-12-9-3-4-11-6-8(9)10/h7-9H,3-6H2,1-2H3/t8-,9+/m1/s1. The molecule has 2 nitrogen and oxygen atoms in total. The van der Waals surface area contributed by atoms with Gasteiger partial charge in [-0.1, -0.05) is 13.8 Å². The summed E-state index contributed by atoms with van der Waals surface area (Å²) in [4.78, 5) is 0. The Hall–Kier alpha value is -0.150. The molecule has 0 aromatic rings. The molecule has 3 heteroatoms. The molecule has 72 valence electrons. The Bertz CT molecular complexity index is 128. The monoisotopic (exact) mass is 176 g/mol. The zero-order chi connectivity index (χ0) is 8.97. The van der Waals surface area contributed by atoms with Crippen LogP contribution in [0, 0.1) is 5.92 Å². The van der Waals surface area contributed by atoms with Crippen molar-refractivity contribution in [2.75, 3.05) is 19.8 Å².